The fourth-order valence-electron chi connectivity index (χ4n) is 1.89. The quantitative estimate of drug-likeness (QED) is 0.774. The number of ether oxygens (including phenoxy) is 1. The van der Waals surface area contributed by atoms with Crippen molar-refractivity contribution < 1.29 is 4.74 Å². The lowest BCUT2D eigenvalue weighted by atomic mass is 10.2. The number of nitrogens with two attached hydrogens (primary N) is 1. The summed E-state index contributed by atoms with van der Waals surface area (Å²) in [6, 6.07) is 3.80. The maximum Gasteiger partial charge on any atom is 0.202 e. The molecule has 5 nitrogen and oxygen atoms in total. The van der Waals surface area contributed by atoms with E-state index in [9.17, 15) is 0 Å². The summed E-state index contributed by atoms with van der Waals surface area (Å²) in [5.41, 5.74) is 7.62. The van der Waals surface area contributed by atoms with Crippen LogP contribution >= 0.6 is 0 Å². The van der Waals surface area contributed by atoms with Gasteiger partial charge in [0.05, 0.1) is 0 Å². The van der Waals surface area contributed by atoms with E-state index in [0.717, 1.165) is 43.6 Å². The van der Waals surface area contributed by atoms with Gasteiger partial charge < -0.3 is 10.5 Å². The molecular formula is C12H18N4O. The minimum Gasteiger partial charge on any atom is -0.385 e. The number of nitrogen functional groups attached to an aromatic ring is 1. The maximum atomic E-state index is 5.88. The lowest BCUT2D eigenvalue weighted by Crippen LogP contribution is -2.04. The zero-order valence-electron chi connectivity index (χ0n) is 10.1. The average molecular weight is 234 g/mol. The molecule has 0 unspecified atom stereocenters. The van der Waals surface area contributed by atoms with Crippen LogP contribution in [0, 0.1) is 0 Å². The van der Waals surface area contributed by atoms with Gasteiger partial charge in [0.25, 0.3) is 0 Å². The SMILES string of the molecule is COCCCCCn1c(N)nc2cccnc21. The van der Waals surface area contributed by atoms with Crippen molar-refractivity contribution in [2.45, 2.75) is 25.8 Å². The van der Waals surface area contributed by atoms with Crippen LogP contribution in [0.5, 0.6) is 0 Å². The number of fused-ring (bicyclic) bond motifs is 1. The molecule has 0 radical (unpaired) electrons. The monoisotopic (exact) mass is 234 g/mol. The molecule has 0 aliphatic carbocycles. The number of hydrogen-bond acceptors (Lipinski definition) is 4. The van der Waals surface area contributed by atoms with Crippen LogP contribution in [-0.2, 0) is 11.3 Å². The van der Waals surface area contributed by atoms with Gasteiger partial charge in [-0.05, 0) is 31.4 Å². The predicted molar refractivity (Wildman–Crippen MR) is 67.7 cm³/mol. The first kappa shape index (κ1) is 11.9. The number of anilines is 1. The molecule has 0 atom stereocenters. The number of rotatable bonds is 6. The van der Waals surface area contributed by atoms with Gasteiger partial charge in [-0.15, -0.1) is 0 Å². The van der Waals surface area contributed by atoms with Crippen molar-refractivity contribution in [2.24, 2.45) is 0 Å². The molecule has 2 rings (SSSR count). The van der Waals surface area contributed by atoms with Crippen molar-refractivity contribution in [1.82, 2.24) is 14.5 Å². The van der Waals surface area contributed by atoms with E-state index in [1.165, 1.54) is 0 Å². The van der Waals surface area contributed by atoms with Crippen LogP contribution in [-0.4, -0.2) is 28.3 Å². The largest absolute Gasteiger partial charge is 0.385 e. The Hall–Kier alpha value is -1.62. The Morgan fingerprint density at radius 3 is 3.06 bits per heavy atom. The molecule has 2 heterocycles. The highest BCUT2D eigenvalue weighted by Crippen LogP contribution is 2.15. The second kappa shape index (κ2) is 5.63. The highest BCUT2D eigenvalue weighted by Gasteiger charge is 2.07. The summed E-state index contributed by atoms with van der Waals surface area (Å²) < 4.78 is 6.99. The Balaban J connectivity index is 2.00. The molecule has 2 N–H and O–H groups in total. The fraction of sp³-hybridized carbons (Fsp3) is 0.500. The molecule has 2 aromatic rings. The van der Waals surface area contributed by atoms with Crippen molar-refractivity contribution in [3.8, 4) is 0 Å². The predicted octanol–water partition coefficient (Wildman–Crippen LogP) is 1.83. The van der Waals surface area contributed by atoms with Gasteiger partial charge in [0.2, 0.25) is 5.95 Å². The molecule has 17 heavy (non-hydrogen) atoms. The van der Waals surface area contributed by atoms with Crippen LogP contribution in [0.15, 0.2) is 18.3 Å². The lowest BCUT2D eigenvalue weighted by molar-refractivity contribution is 0.191. The minimum absolute atomic E-state index is 0.547. The van der Waals surface area contributed by atoms with Gasteiger partial charge in [-0.3, -0.25) is 4.57 Å². The smallest absolute Gasteiger partial charge is 0.202 e. The summed E-state index contributed by atoms with van der Waals surface area (Å²) in [5.74, 6) is 0.547. The van der Waals surface area contributed by atoms with Crippen LogP contribution in [0.4, 0.5) is 5.95 Å². The van der Waals surface area contributed by atoms with Gasteiger partial charge in [0.15, 0.2) is 5.65 Å². The van der Waals surface area contributed by atoms with Crippen LogP contribution in [0.1, 0.15) is 19.3 Å². The molecule has 0 aromatic carbocycles. The van der Waals surface area contributed by atoms with Crippen molar-refractivity contribution in [3.63, 3.8) is 0 Å². The average Bonchev–Trinajstić information content (AvgIpc) is 2.65. The molecule has 2 aromatic heterocycles. The van der Waals surface area contributed by atoms with Crippen LogP contribution < -0.4 is 5.73 Å². The maximum absolute atomic E-state index is 5.88. The first-order valence-electron chi connectivity index (χ1n) is 5.88. The normalized spacial score (nSPS) is 11.1. The Kier molecular flexibility index (Phi) is 3.93. The Bertz CT molecular complexity index is 480. The van der Waals surface area contributed by atoms with E-state index < -0.39 is 0 Å². The highest BCUT2D eigenvalue weighted by molar-refractivity contribution is 5.73. The summed E-state index contributed by atoms with van der Waals surface area (Å²) in [7, 11) is 1.73. The van der Waals surface area contributed by atoms with Gasteiger partial charge in [0, 0.05) is 26.5 Å². The second-order valence-corrected chi connectivity index (χ2v) is 4.02. The number of pyridine rings is 1. The third kappa shape index (κ3) is 2.74. The van der Waals surface area contributed by atoms with E-state index in [2.05, 4.69) is 9.97 Å². The first-order valence-corrected chi connectivity index (χ1v) is 5.88. The summed E-state index contributed by atoms with van der Waals surface area (Å²) >= 11 is 0. The molecule has 0 aliphatic heterocycles. The number of imidazole rings is 1. The minimum atomic E-state index is 0.547. The van der Waals surface area contributed by atoms with E-state index in [1.807, 2.05) is 16.7 Å². The zero-order chi connectivity index (χ0) is 12.1. The molecular weight excluding hydrogens is 216 g/mol. The summed E-state index contributed by atoms with van der Waals surface area (Å²) in [5, 5.41) is 0. The van der Waals surface area contributed by atoms with E-state index in [0.29, 0.717) is 5.95 Å². The van der Waals surface area contributed by atoms with Crippen molar-refractivity contribution in [3.05, 3.63) is 18.3 Å². The van der Waals surface area contributed by atoms with Crippen molar-refractivity contribution in [2.75, 3.05) is 19.5 Å². The second-order valence-electron chi connectivity index (χ2n) is 4.02. The Labute approximate surface area is 101 Å². The number of methoxy groups -OCH3 is 1. The topological polar surface area (TPSA) is 66.0 Å². The van der Waals surface area contributed by atoms with E-state index >= 15 is 0 Å². The highest BCUT2D eigenvalue weighted by atomic mass is 16.5. The molecule has 0 spiro atoms. The molecule has 5 heteroatoms. The third-order valence-electron chi connectivity index (χ3n) is 2.76. The molecule has 0 saturated carbocycles. The molecule has 0 saturated heterocycles. The van der Waals surface area contributed by atoms with E-state index in [-0.39, 0.29) is 0 Å². The Morgan fingerprint density at radius 1 is 1.35 bits per heavy atom. The van der Waals surface area contributed by atoms with Gasteiger partial charge in [-0.2, -0.15) is 0 Å². The molecule has 0 aliphatic rings. The fourth-order valence-corrected chi connectivity index (χ4v) is 1.89. The van der Waals surface area contributed by atoms with Gasteiger partial charge in [-0.25, -0.2) is 9.97 Å². The van der Waals surface area contributed by atoms with E-state index in [1.54, 1.807) is 13.3 Å². The summed E-state index contributed by atoms with van der Waals surface area (Å²) in [4.78, 5) is 8.59. The molecule has 0 bridgehead atoms. The van der Waals surface area contributed by atoms with E-state index in [4.69, 9.17) is 10.5 Å². The molecule has 92 valence electrons. The number of nitrogens with zero attached hydrogens (tertiary/aromatic N) is 3. The lowest BCUT2D eigenvalue weighted by Gasteiger charge is -2.05. The number of unbranched alkanes of at least 4 members (excludes halogenated alkanes) is 2. The van der Waals surface area contributed by atoms with Crippen LogP contribution in [0.3, 0.4) is 0 Å². The molecule has 0 amide bonds. The van der Waals surface area contributed by atoms with Crippen molar-refractivity contribution >= 4 is 17.1 Å². The third-order valence-corrected chi connectivity index (χ3v) is 2.76. The molecule has 0 fully saturated rings. The Morgan fingerprint density at radius 2 is 2.24 bits per heavy atom. The van der Waals surface area contributed by atoms with Crippen LogP contribution in [0.2, 0.25) is 0 Å². The summed E-state index contributed by atoms with van der Waals surface area (Å²) in [6.07, 6.45) is 5.04. The zero-order valence-corrected chi connectivity index (χ0v) is 10.1. The number of aryl methyl sites for hydroxylation is 1. The van der Waals surface area contributed by atoms with Crippen LogP contribution in [0.25, 0.3) is 11.2 Å². The summed E-state index contributed by atoms with van der Waals surface area (Å²) in [6.45, 7) is 1.68. The van der Waals surface area contributed by atoms with Gasteiger partial charge >= 0.3 is 0 Å². The first-order chi connectivity index (χ1) is 8.33. The number of aromatic nitrogens is 3. The van der Waals surface area contributed by atoms with Gasteiger partial charge in [-0.1, -0.05) is 0 Å². The van der Waals surface area contributed by atoms with Crippen molar-refractivity contribution in [1.29, 1.82) is 0 Å². The number of hydrogen-bond donors (Lipinski definition) is 1. The standard InChI is InChI=1S/C12H18N4O/c1-17-9-4-2-3-8-16-11-10(15-12(16)13)6-5-7-14-11/h5-7H,2-4,8-9H2,1H3,(H2,13,15). The van der Waals surface area contributed by atoms with Gasteiger partial charge in [0.1, 0.15) is 5.52 Å².